The van der Waals surface area contributed by atoms with Crippen molar-refractivity contribution >= 4 is 15.9 Å². The van der Waals surface area contributed by atoms with E-state index in [1.54, 1.807) is 60.7 Å². The lowest BCUT2D eigenvalue weighted by Gasteiger charge is -2.07. The van der Waals surface area contributed by atoms with Crippen LogP contribution in [0.25, 0.3) is 6.08 Å². The Labute approximate surface area is 164 Å². The maximum absolute atomic E-state index is 12.4. The normalized spacial score (nSPS) is 11.5. The van der Waals surface area contributed by atoms with E-state index in [1.807, 2.05) is 6.07 Å². The van der Waals surface area contributed by atoms with Crippen molar-refractivity contribution in [2.75, 3.05) is 7.11 Å². The zero-order valence-corrected chi connectivity index (χ0v) is 16.1. The molecule has 28 heavy (non-hydrogen) atoms. The van der Waals surface area contributed by atoms with Gasteiger partial charge in [-0.05, 0) is 65.7 Å². The van der Waals surface area contributed by atoms with Gasteiger partial charge in [-0.3, -0.25) is 0 Å². The van der Waals surface area contributed by atoms with E-state index < -0.39 is 9.84 Å². The van der Waals surface area contributed by atoms with Crippen LogP contribution >= 0.6 is 0 Å². The molecule has 0 saturated heterocycles. The van der Waals surface area contributed by atoms with Gasteiger partial charge >= 0.3 is 0 Å². The summed E-state index contributed by atoms with van der Waals surface area (Å²) in [4.78, 5) is 0.204. The quantitative estimate of drug-likeness (QED) is 0.640. The van der Waals surface area contributed by atoms with Gasteiger partial charge in [-0.25, -0.2) is 8.42 Å². The van der Waals surface area contributed by atoms with Crippen LogP contribution in [0.5, 0.6) is 17.2 Å². The molecule has 3 rings (SSSR count). The Morgan fingerprint density at radius 1 is 0.929 bits per heavy atom. The van der Waals surface area contributed by atoms with Crippen molar-refractivity contribution in [3.8, 4) is 17.2 Å². The highest BCUT2D eigenvalue weighted by Gasteiger charge is 2.10. The highest BCUT2D eigenvalue weighted by atomic mass is 32.2. The number of hydrogen-bond acceptors (Lipinski definition) is 5. The van der Waals surface area contributed by atoms with Crippen LogP contribution in [0.4, 0.5) is 0 Å². The minimum atomic E-state index is -3.53. The zero-order valence-electron chi connectivity index (χ0n) is 15.3. The van der Waals surface area contributed by atoms with Crippen LogP contribution in [0.2, 0.25) is 0 Å². The van der Waals surface area contributed by atoms with Gasteiger partial charge in [0.1, 0.15) is 23.9 Å². The third kappa shape index (κ3) is 5.14. The second-order valence-electron chi connectivity index (χ2n) is 6.05. The predicted octanol–water partition coefficient (Wildman–Crippen LogP) is 4.42. The van der Waals surface area contributed by atoms with E-state index in [0.29, 0.717) is 18.1 Å². The Kier molecular flexibility index (Phi) is 6.01. The van der Waals surface area contributed by atoms with Crippen LogP contribution in [0, 0.1) is 0 Å². The van der Waals surface area contributed by atoms with Gasteiger partial charge in [-0.2, -0.15) is 0 Å². The van der Waals surface area contributed by atoms with Gasteiger partial charge < -0.3 is 14.6 Å². The van der Waals surface area contributed by atoms with Crippen LogP contribution in [-0.2, 0) is 16.4 Å². The minimum Gasteiger partial charge on any atom is -0.508 e. The van der Waals surface area contributed by atoms with Crippen molar-refractivity contribution in [2.45, 2.75) is 11.5 Å². The lowest BCUT2D eigenvalue weighted by molar-refractivity contribution is 0.305. The molecule has 5 nitrogen and oxygen atoms in total. The first kappa shape index (κ1) is 19.5. The van der Waals surface area contributed by atoms with Crippen LogP contribution in [0.3, 0.4) is 0 Å². The van der Waals surface area contributed by atoms with Crippen molar-refractivity contribution in [1.82, 2.24) is 0 Å². The average Bonchev–Trinajstić information content (AvgIpc) is 2.72. The molecule has 0 aliphatic rings. The van der Waals surface area contributed by atoms with Crippen molar-refractivity contribution in [3.05, 3.63) is 89.3 Å². The van der Waals surface area contributed by atoms with Gasteiger partial charge in [0.05, 0.1) is 12.0 Å². The lowest BCUT2D eigenvalue weighted by atomic mass is 10.2. The molecule has 0 amide bonds. The van der Waals surface area contributed by atoms with Crippen molar-refractivity contribution in [2.24, 2.45) is 0 Å². The number of aromatic hydroxyl groups is 1. The van der Waals surface area contributed by atoms with E-state index in [9.17, 15) is 13.5 Å². The molecule has 0 fully saturated rings. The molecule has 0 spiro atoms. The highest BCUT2D eigenvalue weighted by molar-refractivity contribution is 7.94. The maximum Gasteiger partial charge on any atom is 0.199 e. The molecule has 0 aromatic heterocycles. The van der Waals surface area contributed by atoms with E-state index in [4.69, 9.17) is 9.47 Å². The second kappa shape index (κ2) is 8.63. The van der Waals surface area contributed by atoms with E-state index in [0.717, 1.165) is 11.1 Å². The fraction of sp³-hybridized carbons (Fsp3) is 0.0909. The standard InChI is InChI=1S/C22H20O5S/c1-26-20-9-11-22(12-10-20)28(24,25)14-13-17-5-7-21(8-6-17)27-16-18-3-2-4-19(23)15-18/h2-15,23H,16H2,1H3/b14-13+. The second-order valence-corrected chi connectivity index (χ2v) is 7.88. The zero-order chi connectivity index (χ0) is 20.0. The number of sulfone groups is 1. The molecule has 0 aliphatic carbocycles. The summed E-state index contributed by atoms with van der Waals surface area (Å²) < 4.78 is 35.5. The molecular formula is C22H20O5S. The Morgan fingerprint density at radius 2 is 1.61 bits per heavy atom. The monoisotopic (exact) mass is 396 g/mol. The SMILES string of the molecule is COc1ccc(S(=O)(=O)/C=C/c2ccc(OCc3cccc(O)c3)cc2)cc1. The number of rotatable bonds is 7. The first-order valence-electron chi connectivity index (χ1n) is 8.54. The Morgan fingerprint density at radius 3 is 2.25 bits per heavy atom. The summed E-state index contributed by atoms with van der Waals surface area (Å²) in [5.41, 5.74) is 1.59. The molecule has 0 unspecified atom stereocenters. The third-order valence-corrected chi connectivity index (χ3v) is 5.45. The summed E-state index contributed by atoms with van der Waals surface area (Å²) in [6.45, 7) is 0.329. The maximum atomic E-state index is 12.4. The number of hydrogen-bond donors (Lipinski definition) is 1. The van der Waals surface area contributed by atoms with E-state index in [2.05, 4.69) is 0 Å². The molecule has 0 saturated carbocycles. The average molecular weight is 396 g/mol. The molecule has 6 heteroatoms. The van der Waals surface area contributed by atoms with E-state index >= 15 is 0 Å². The molecule has 0 atom stereocenters. The molecule has 3 aromatic carbocycles. The molecule has 0 heterocycles. The number of benzene rings is 3. The summed E-state index contributed by atoms with van der Waals surface area (Å²) in [5, 5.41) is 10.6. The minimum absolute atomic E-state index is 0.194. The predicted molar refractivity (Wildman–Crippen MR) is 108 cm³/mol. The molecule has 0 aliphatic heterocycles. The fourth-order valence-corrected chi connectivity index (χ4v) is 3.51. The first-order valence-corrected chi connectivity index (χ1v) is 10.1. The van der Waals surface area contributed by atoms with Gasteiger partial charge in [-0.1, -0.05) is 24.3 Å². The summed E-state index contributed by atoms with van der Waals surface area (Å²) in [6, 6.07) is 20.2. The summed E-state index contributed by atoms with van der Waals surface area (Å²) in [5.74, 6) is 1.45. The Balaban J connectivity index is 1.64. The summed E-state index contributed by atoms with van der Waals surface area (Å²) >= 11 is 0. The Bertz CT molecular complexity index is 1050. The van der Waals surface area contributed by atoms with Gasteiger partial charge in [0.25, 0.3) is 0 Å². The molecule has 0 bridgehead atoms. The van der Waals surface area contributed by atoms with Crippen LogP contribution < -0.4 is 9.47 Å². The van der Waals surface area contributed by atoms with Crippen LogP contribution in [0.15, 0.2) is 83.1 Å². The number of phenolic OH excluding ortho intramolecular Hbond substituents is 1. The molecule has 3 aromatic rings. The smallest absolute Gasteiger partial charge is 0.199 e. The topological polar surface area (TPSA) is 72.8 Å². The lowest BCUT2D eigenvalue weighted by Crippen LogP contribution is -1.96. The number of phenols is 1. The first-order chi connectivity index (χ1) is 13.5. The Hall–Kier alpha value is -3.25. The largest absolute Gasteiger partial charge is 0.508 e. The molecular weight excluding hydrogens is 376 g/mol. The van der Waals surface area contributed by atoms with E-state index in [-0.39, 0.29) is 10.6 Å². The highest BCUT2D eigenvalue weighted by Crippen LogP contribution is 2.20. The molecule has 1 N–H and O–H groups in total. The number of methoxy groups -OCH3 is 1. The fourth-order valence-electron chi connectivity index (χ4n) is 2.50. The summed E-state index contributed by atoms with van der Waals surface area (Å²) in [6.07, 6.45) is 1.54. The third-order valence-electron chi connectivity index (χ3n) is 4.02. The van der Waals surface area contributed by atoms with Gasteiger partial charge in [0.15, 0.2) is 9.84 Å². The molecule has 0 radical (unpaired) electrons. The van der Waals surface area contributed by atoms with E-state index in [1.165, 1.54) is 24.7 Å². The van der Waals surface area contributed by atoms with Crippen molar-refractivity contribution in [1.29, 1.82) is 0 Å². The van der Waals surface area contributed by atoms with Gasteiger partial charge in [-0.15, -0.1) is 0 Å². The van der Waals surface area contributed by atoms with Crippen LogP contribution in [0.1, 0.15) is 11.1 Å². The van der Waals surface area contributed by atoms with Crippen LogP contribution in [-0.4, -0.2) is 20.6 Å². The summed E-state index contributed by atoms with van der Waals surface area (Å²) in [7, 11) is -2.01. The molecule has 144 valence electrons. The number of ether oxygens (including phenoxy) is 2. The van der Waals surface area contributed by atoms with Gasteiger partial charge in [0, 0.05) is 5.41 Å². The van der Waals surface area contributed by atoms with Crippen molar-refractivity contribution in [3.63, 3.8) is 0 Å². The van der Waals surface area contributed by atoms with Crippen molar-refractivity contribution < 1.29 is 23.0 Å². The van der Waals surface area contributed by atoms with Gasteiger partial charge in [0.2, 0.25) is 0 Å².